The third kappa shape index (κ3) is 5.57. The van der Waals surface area contributed by atoms with Gasteiger partial charge >= 0.3 is 12.4 Å². The molecule has 3 aromatic rings. The molecule has 36 heavy (non-hydrogen) atoms. The summed E-state index contributed by atoms with van der Waals surface area (Å²) in [5.74, 6) is 0. The number of nitrogens with zero attached hydrogens (tertiary/aromatic N) is 4. The summed E-state index contributed by atoms with van der Waals surface area (Å²) in [7, 11) is 0. The van der Waals surface area contributed by atoms with Crippen LogP contribution in [-0.4, -0.2) is 41.1 Å². The average molecular weight is 533 g/mol. The second-order valence-electron chi connectivity index (χ2n) is 7.94. The van der Waals surface area contributed by atoms with E-state index in [-0.39, 0.29) is 16.4 Å². The van der Waals surface area contributed by atoms with Gasteiger partial charge < -0.3 is 4.90 Å². The topological polar surface area (TPSA) is 91.6 Å². The molecule has 0 amide bonds. The molecule has 1 aliphatic heterocycles. The van der Waals surface area contributed by atoms with Crippen LogP contribution in [0.3, 0.4) is 0 Å². The quantitative estimate of drug-likeness (QED) is 0.295. The largest absolute Gasteiger partial charge is 0.416 e. The highest BCUT2D eigenvalue weighted by molar-refractivity contribution is 7.22. The van der Waals surface area contributed by atoms with Gasteiger partial charge in [0.25, 0.3) is 11.2 Å². The molecule has 0 bridgehead atoms. The van der Waals surface area contributed by atoms with Crippen molar-refractivity contribution in [3.8, 4) is 0 Å². The van der Waals surface area contributed by atoms with Crippen LogP contribution in [0.4, 0.5) is 37.2 Å². The molecule has 192 valence electrons. The Morgan fingerprint density at radius 2 is 1.67 bits per heavy atom. The Morgan fingerprint density at radius 3 is 2.28 bits per heavy atom. The molecule has 1 aromatic heterocycles. The molecule has 4 rings (SSSR count). The predicted molar refractivity (Wildman–Crippen MR) is 120 cm³/mol. The molecule has 0 atom stereocenters. The lowest BCUT2D eigenvalue weighted by Gasteiger charge is -2.35. The summed E-state index contributed by atoms with van der Waals surface area (Å²) in [5, 5.41) is 12.9. The first-order valence-corrected chi connectivity index (χ1v) is 11.2. The Kier molecular flexibility index (Phi) is 6.90. The van der Waals surface area contributed by atoms with Crippen molar-refractivity contribution in [2.75, 3.05) is 31.1 Å². The Labute approximate surface area is 202 Å². The predicted octanol–water partition coefficient (Wildman–Crippen LogP) is 4.43. The van der Waals surface area contributed by atoms with Crippen LogP contribution in [0.15, 0.2) is 41.2 Å². The van der Waals surface area contributed by atoms with Crippen molar-refractivity contribution in [1.29, 1.82) is 0 Å². The lowest BCUT2D eigenvalue weighted by molar-refractivity contribution is -0.383. The number of halogens is 6. The summed E-state index contributed by atoms with van der Waals surface area (Å²) >= 11 is 0.757. The molecule has 0 radical (unpaired) electrons. The maximum absolute atomic E-state index is 13.1. The summed E-state index contributed by atoms with van der Waals surface area (Å²) in [4.78, 5) is 28.5. The van der Waals surface area contributed by atoms with Crippen LogP contribution in [-0.2, 0) is 18.9 Å². The molecule has 0 spiro atoms. The summed E-state index contributed by atoms with van der Waals surface area (Å²) in [5.41, 5.74) is -0.407. The smallest absolute Gasteiger partial charge is 0.345 e. The van der Waals surface area contributed by atoms with E-state index >= 15 is 0 Å². The second kappa shape index (κ2) is 9.63. The average Bonchev–Trinajstić information content (AvgIpc) is 2.81. The Hall–Kier alpha value is -3.30. The highest BCUT2D eigenvalue weighted by Gasteiger charge is 2.34. The van der Waals surface area contributed by atoms with Crippen LogP contribution in [0.2, 0.25) is 0 Å². The van der Waals surface area contributed by atoms with Gasteiger partial charge in [-0.25, -0.2) is 5.01 Å². The van der Waals surface area contributed by atoms with Gasteiger partial charge in [-0.1, -0.05) is 29.5 Å². The number of alkyl halides is 6. The number of benzene rings is 2. The molecule has 0 saturated carbocycles. The standard InChI is InChI=1S/C21H17F6N5O3S/c22-20(23,24)13-3-1-2-12(8-13)11-28-31-6-4-30(5-7-31)19-29-18(33)15-9-14(21(25,26)27)10-16(32(34)35)17(15)36-19/h1-3,8-10,28H,4-7,11H2. The summed E-state index contributed by atoms with van der Waals surface area (Å²) in [6.45, 7) is 1.56. The molecule has 8 nitrogen and oxygen atoms in total. The number of nitrogens with one attached hydrogen (secondary N) is 1. The van der Waals surface area contributed by atoms with E-state index in [0.29, 0.717) is 43.9 Å². The van der Waals surface area contributed by atoms with Crippen LogP contribution in [0.25, 0.3) is 10.1 Å². The minimum absolute atomic E-state index is 0.132. The first-order valence-electron chi connectivity index (χ1n) is 10.4. The molecule has 2 heterocycles. The Morgan fingerprint density at radius 1 is 1.00 bits per heavy atom. The van der Waals surface area contributed by atoms with Crippen molar-refractivity contribution in [3.63, 3.8) is 0 Å². The number of anilines is 1. The van der Waals surface area contributed by atoms with Crippen molar-refractivity contribution in [3.05, 3.63) is 73.6 Å². The number of fused-ring (bicyclic) bond motifs is 1. The molecule has 1 N–H and O–H groups in total. The van der Waals surface area contributed by atoms with Crippen LogP contribution in [0.5, 0.6) is 0 Å². The van der Waals surface area contributed by atoms with E-state index in [1.807, 2.05) is 0 Å². The fourth-order valence-electron chi connectivity index (χ4n) is 3.69. The monoisotopic (exact) mass is 533 g/mol. The number of rotatable bonds is 5. The minimum atomic E-state index is -4.87. The first-order chi connectivity index (χ1) is 16.8. The van der Waals surface area contributed by atoms with Gasteiger partial charge in [0.1, 0.15) is 4.70 Å². The molecule has 1 saturated heterocycles. The fraction of sp³-hybridized carbons (Fsp3) is 0.333. The zero-order chi connectivity index (χ0) is 26.3. The summed E-state index contributed by atoms with van der Waals surface area (Å²) in [6, 6.07) is 5.88. The summed E-state index contributed by atoms with van der Waals surface area (Å²) < 4.78 is 77.8. The number of hydrazine groups is 1. The van der Waals surface area contributed by atoms with Gasteiger partial charge in [-0.15, -0.1) is 0 Å². The van der Waals surface area contributed by atoms with Gasteiger partial charge in [-0.3, -0.25) is 20.3 Å². The summed E-state index contributed by atoms with van der Waals surface area (Å²) in [6.07, 6.45) is -9.31. The zero-order valence-corrected chi connectivity index (χ0v) is 19.0. The molecule has 0 unspecified atom stereocenters. The van der Waals surface area contributed by atoms with Crippen LogP contribution < -0.4 is 15.9 Å². The first kappa shape index (κ1) is 25.8. The third-order valence-electron chi connectivity index (χ3n) is 5.53. The third-order valence-corrected chi connectivity index (χ3v) is 6.69. The molecule has 15 heteroatoms. The number of nitro groups is 1. The Bertz CT molecular complexity index is 1350. The van der Waals surface area contributed by atoms with E-state index < -0.39 is 45.0 Å². The number of piperazine rings is 1. The van der Waals surface area contributed by atoms with E-state index in [1.54, 1.807) is 16.0 Å². The maximum atomic E-state index is 13.1. The highest BCUT2D eigenvalue weighted by Crippen LogP contribution is 2.38. The van der Waals surface area contributed by atoms with Gasteiger partial charge in [-0.05, 0) is 17.7 Å². The fourth-order valence-corrected chi connectivity index (χ4v) is 4.81. The number of aromatic nitrogens is 1. The van der Waals surface area contributed by atoms with E-state index in [1.165, 1.54) is 6.07 Å². The van der Waals surface area contributed by atoms with Crippen molar-refractivity contribution in [1.82, 2.24) is 15.4 Å². The molecular weight excluding hydrogens is 516 g/mol. The SMILES string of the molecule is O=c1nc(N2CCN(NCc3cccc(C(F)(F)F)c3)CC2)sc2c([N+](=O)[O-])cc(C(F)(F)F)cc12. The second-order valence-corrected chi connectivity index (χ2v) is 8.91. The van der Waals surface area contributed by atoms with Crippen molar-refractivity contribution in [2.45, 2.75) is 18.9 Å². The van der Waals surface area contributed by atoms with Crippen molar-refractivity contribution in [2.24, 2.45) is 0 Å². The van der Waals surface area contributed by atoms with Crippen LogP contribution in [0, 0.1) is 10.1 Å². The molecule has 1 aliphatic rings. The van der Waals surface area contributed by atoms with E-state index in [2.05, 4.69) is 10.4 Å². The van der Waals surface area contributed by atoms with Gasteiger partial charge in [0.05, 0.1) is 21.4 Å². The van der Waals surface area contributed by atoms with Gasteiger partial charge in [0.15, 0.2) is 5.13 Å². The lowest BCUT2D eigenvalue weighted by atomic mass is 10.1. The minimum Gasteiger partial charge on any atom is -0.345 e. The van der Waals surface area contributed by atoms with Crippen LogP contribution in [0.1, 0.15) is 16.7 Å². The van der Waals surface area contributed by atoms with Crippen molar-refractivity contribution < 1.29 is 31.3 Å². The van der Waals surface area contributed by atoms with E-state index in [9.17, 15) is 41.3 Å². The van der Waals surface area contributed by atoms with Gasteiger partial charge in [0.2, 0.25) is 0 Å². The number of non-ortho nitro benzene ring substituents is 1. The van der Waals surface area contributed by atoms with E-state index in [4.69, 9.17) is 0 Å². The highest BCUT2D eigenvalue weighted by atomic mass is 32.1. The molecular formula is C21H17F6N5O3S. The lowest BCUT2D eigenvalue weighted by Crippen LogP contribution is -2.52. The number of hydrogen-bond acceptors (Lipinski definition) is 8. The molecule has 1 fully saturated rings. The zero-order valence-electron chi connectivity index (χ0n) is 18.2. The van der Waals surface area contributed by atoms with Crippen LogP contribution >= 0.6 is 11.3 Å². The van der Waals surface area contributed by atoms with Crippen molar-refractivity contribution >= 4 is 32.2 Å². The maximum Gasteiger partial charge on any atom is 0.416 e. The van der Waals surface area contributed by atoms with Gasteiger partial charge in [-0.2, -0.15) is 31.3 Å². The number of hydrogen-bond donors (Lipinski definition) is 1. The molecule has 2 aromatic carbocycles. The normalized spacial score (nSPS) is 15.4. The Balaban J connectivity index is 1.48. The van der Waals surface area contributed by atoms with Gasteiger partial charge in [0, 0.05) is 38.8 Å². The molecule has 0 aliphatic carbocycles. The number of nitro benzene ring substituents is 1. The van der Waals surface area contributed by atoms with E-state index in [0.717, 1.165) is 23.5 Å².